The second-order valence-electron chi connectivity index (χ2n) is 4.95. The van der Waals surface area contributed by atoms with E-state index in [0.29, 0.717) is 19.0 Å². The number of carboxylic acids is 1. The van der Waals surface area contributed by atoms with E-state index in [1.807, 2.05) is 12.1 Å². The quantitative estimate of drug-likeness (QED) is 0.937. The van der Waals surface area contributed by atoms with Crippen molar-refractivity contribution in [3.05, 3.63) is 65.2 Å². The number of fused-ring (bicyclic) bond motifs is 1. The van der Waals surface area contributed by atoms with Crippen molar-refractivity contribution in [1.29, 1.82) is 0 Å². The molecule has 0 aliphatic carbocycles. The van der Waals surface area contributed by atoms with Crippen LogP contribution in [0.15, 0.2) is 48.5 Å². The van der Waals surface area contributed by atoms with Gasteiger partial charge in [0.15, 0.2) is 0 Å². The third-order valence-electron chi connectivity index (χ3n) is 3.60. The van der Waals surface area contributed by atoms with Gasteiger partial charge in [-0.25, -0.2) is 4.79 Å². The molecule has 4 heteroatoms. The van der Waals surface area contributed by atoms with E-state index < -0.39 is 5.97 Å². The highest BCUT2D eigenvalue weighted by molar-refractivity contribution is 5.87. The summed E-state index contributed by atoms with van der Waals surface area (Å²) in [5.41, 5.74) is 2.73. The molecule has 1 aliphatic heterocycles. The average molecular weight is 284 g/mol. The molecule has 0 fully saturated rings. The van der Waals surface area contributed by atoms with Crippen LogP contribution in [0, 0.1) is 0 Å². The Morgan fingerprint density at radius 2 is 1.95 bits per heavy atom. The number of rotatable bonds is 4. The first-order valence-corrected chi connectivity index (χ1v) is 6.89. The Hall–Kier alpha value is -2.33. The van der Waals surface area contributed by atoms with Crippen molar-refractivity contribution in [2.24, 2.45) is 0 Å². The fraction of sp³-hybridized carbons (Fsp3) is 0.235. The predicted molar refractivity (Wildman–Crippen MR) is 77.7 cm³/mol. The lowest BCUT2D eigenvalue weighted by atomic mass is 9.98. The lowest BCUT2D eigenvalue weighted by Crippen LogP contribution is -2.21. The van der Waals surface area contributed by atoms with Crippen LogP contribution in [0.5, 0.6) is 5.75 Å². The maximum Gasteiger partial charge on any atom is 0.335 e. The van der Waals surface area contributed by atoms with E-state index in [9.17, 15) is 4.79 Å². The van der Waals surface area contributed by atoms with Crippen molar-refractivity contribution in [3.63, 3.8) is 0 Å². The van der Waals surface area contributed by atoms with Crippen LogP contribution in [0.25, 0.3) is 0 Å². The van der Waals surface area contributed by atoms with Gasteiger partial charge in [0.1, 0.15) is 18.5 Å². The van der Waals surface area contributed by atoms with E-state index >= 15 is 0 Å². The molecule has 0 aromatic heterocycles. The number of ether oxygens (including phenoxy) is 2. The van der Waals surface area contributed by atoms with Crippen molar-refractivity contribution in [1.82, 2.24) is 0 Å². The van der Waals surface area contributed by atoms with Gasteiger partial charge in [0, 0.05) is 0 Å². The van der Waals surface area contributed by atoms with Gasteiger partial charge in [0.25, 0.3) is 0 Å². The van der Waals surface area contributed by atoms with E-state index in [2.05, 4.69) is 12.1 Å². The van der Waals surface area contributed by atoms with Crippen LogP contribution in [0.1, 0.15) is 27.6 Å². The van der Waals surface area contributed by atoms with Gasteiger partial charge in [-0.3, -0.25) is 0 Å². The predicted octanol–water partition coefficient (Wildman–Crippen LogP) is 3.08. The van der Waals surface area contributed by atoms with Gasteiger partial charge in [0.05, 0.1) is 12.2 Å². The molecule has 0 bridgehead atoms. The Morgan fingerprint density at radius 1 is 1.19 bits per heavy atom. The minimum Gasteiger partial charge on any atom is -0.491 e. The minimum atomic E-state index is -0.939. The highest BCUT2D eigenvalue weighted by Gasteiger charge is 2.20. The molecule has 108 valence electrons. The van der Waals surface area contributed by atoms with Gasteiger partial charge in [-0.2, -0.15) is 0 Å². The third-order valence-corrected chi connectivity index (χ3v) is 3.60. The molecule has 21 heavy (non-hydrogen) atoms. The van der Waals surface area contributed by atoms with Gasteiger partial charge in [-0.05, 0) is 41.8 Å². The zero-order valence-corrected chi connectivity index (χ0v) is 11.5. The van der Waals surface area contributed by atoms with Crippen LogP contribution >= 0.6 is 0 Å². The topological polar surface area (TPSA) is 55.8 Å². The summed E-state index contributed by atoms with van der Waals surface area (Å²) in [6, 6.07) is 14.6. The number of hydrogen-bond acceptors (Lipinski definition) is 3. The molecule has 1 unspecified atom stereocenters. The number of hydrogen-bond donors (Lipinski definition) is 1. The Balaban J connectivity index is 1.67. The summed E-state index contributed by atoms with van der Waals surface area (Å²) in [6.07, 6.45) is 0.856. The summed E-state index contributed by atoms with van der Waals surface area (Å²) in [4.78, 5) is 10.8. The molecule has 1 aliphatic rings. The van der Waals surface area contributed by atoms with Crippen molar-refractivity contribution in [3.8, 4) is 5.75 Å². The summed E-state index contributed by atoms with van der Waals surface area (Å²) in [5, 5.41) is 8.86. The van der Waals surface area contributed by atoms with Crippen LogP contribution in [-0.2, 0) is 11.2 Å². The average Bonchev–Trinajstić information content (AvgIpc) is 2.53. The molecule has 0 radical (unpaired) electrons. The number of aromatic carboxylic acids is 1. The number of benzene rings is 2. The molecule has 0 amide bonds. The molecule has 2 aromatic carbocycles. The maximum absolute atomic E-state index is 10.8. The lowest BCUT2D eigenvalue weighted by Gasteiger charge is -2.26. The summed E-state index contributed by atoms with van der Waals surface area (Å²) in [5.74, 6) is -0.294. The van der Waals surface area contributed by atoms with Crippen molar-refractivity contribution in [2.45, 2.75) is 12.5 Å². The normalized spacial score (nSPS) is 17.0. The third kappa shape index (κ3) is 3.06. The number of carbonyl (C=O) groups is 1. The van der Waals surface area contributed by atoms with E-state index in [4.69, 9.17) is 14.6 Å². The Bertz CT molecular complexity index is 633. The van der Waals surface area contributed by atoms with E-state index in [0.717, 1.165) is 6.42 Å². The van der Waals surface area contributed by atoms with Gasteiger partial charge in [-0.1, -0.05) is 24.3 Å². The lowest BCUT2D eigenvalue weighted by molar-refractivity contribution is 0.0102. The van der Waals surface area contributed by atoms with E-state index in [1.165, 1.54) is 23.3 Å². The van der Waals surface area contributed by atoms with Crippen molar-refractivity contribution < 1.29 is 19.4 Å². The Morgan fingerprint density at radius 3 is 2.71 bits per heavy atom. The second-order valence-corrected chi connectivity index (χ2v) is 4.95. The molecule has 0 spiro atoms. The van der Waals surface area contributed by atoms with Gasteiger partial charge in [0.2, 0.25) is 0 Å². The fourth-order valence-electron chi connectivity index (χ4n) is 2.48. The molecular weight excluding hydrogens is 268 g/mol. The molecule has 1 atom stereocenters. The van der Waals surface area contributed by atoms with E-state index in [1.54, 1.807) is 12.1 Å². The van der Waals surface area contributed by atoms with Crippen molar-refractivity contribution >= 4 is 5.97 Å². The molecule has 4 nitrogen and oxygen atoms in total. The molecule has 1 N–H and O–H groups in total. The fourth-order valence-corrected chi connectivity index (χ4v) is 2.48. The summed E-state index contributed by atoms with van der Waals surface area (Å²) in [6.45, 7) is 1.12. The zero-order chi connectivity index (χ0) is 14.7. The standard InChI is InChI=1S/C17H16O4/c18-17(19)13-5-7-14(8-6-13)21-11-16-15-4-2-1-3-12(15)9-10-20-16/h1-8,16H,9-11H2,(H,18,19). The molecular formula is C17H16O4. The Kier molecular flexibility index (Phi) is 3.88. The van der Waals surface area contributed by atoms with Gasteiger partial charge < -0.3 is 14.6 Å². The highest BCUT2D eigenvalue weighted by Crippen LogP contribution is 2.27. The van der Waals surface area contributed by atoms with Gasteiger partial charge >= 0.3 is 5.97 Å². The summed E-state index contributed by atoms with van der Waals surface area (Å²) >= 11 is 0. The monoisotopic (exact) mass is 284 g/mol. The van der Waals surface area contributed by atoms with Crippen LogP contribution in [-0.4, -0.2) is 24.3 Å². The first kappa shape index (κ1) is 13.6. The minimum absolute atomic E-state index is 0.0749. The van der Waals surface area contributed by atoms with Crippen LogP contribution in [0.2, 0.25) is 0 Å². The molecule has 1 heterocycles. The smallest absolute Gasteiger partial charge is 0.335 e. The highest BCUT2D eigenvalue weighted by atomic mass is 16.5. The summed E-state index contributed by atoms with van der Waals surface area (Å²) < 4.78 is 11.5. The molecule has 0 saturated carbocycles. The largest absolute Gasteiger partial charge is 0.491 e. The molecule has 0 saturated heterocycles. The van der Waals surface area contributed by atoms with Gasteiger partial charge in [-0.15, -0.1) is 0 Å². The SMILES string of the molecule is O=C(O)c1ccc(OCC2OCCc3ccccc32)cc1. The van der Waals surface area contributed by atoms with Crippen LogP contribution < -0.4 is 4.74 Å². The zero-order valence-electron chi connectivity index (χ0n) is 11.5. The van der Waals surface area contributed by atoms with E-state index in [-0.39, 0.29) is 11.7 Å². The first-order valence-electron chi connectivity index (χ1n) is 6.89. The van der Waals surface area contributed by atoms with Crippen LogP contribution in [0.3, 0.4) is 0 Å². The first-order chi connectivity index (χ1) is 10.2. The number of carboxylic acid groups (broad SMARTS) is 1. The van der Waals surface area contributed by atoms with Crippen LogP contribution in [0.4, 0.5) is 0 Å². The summed E-state index contributed by atoms with van der Waals surface area (Å²) in [7, 11) is 0. The molecule has 2 aromatic rings. The second kappa shape index (κ2) is 5.97. The maximum atomic E-state index is 10.8. The molecule has 3 rings (SSSR count). The Labute approximate surface area is 122 Å². The van der Waals surface area contributed by atoms with Crippen molar-refractivity contribution in [2.75, 3.05) is 13.2 Å².